The third-order valence-corrected chi connectivity index (χ3v) is 5.89. The van der Waals surface area contributed by atoms with Gasteiger partial charge in [-0.15, -0.1) is 0 Å². The second-order valence-electron chi connectivity index (χ2n) is 7.35. The van der Waals surface area contributed by atoms with E-state index < -0.39 is 11.2 Å². The summed E-state index contributed by atoms with van der Waals surface area (Å²) in [5, 5.41) is 18.2. The zero-order valence-electron chi connectivity index (χ0n) is 16.6. The summed E-state index contributed by atoms with van der Waals surface area (Å²) in [7, 11) is 1.63. The lowest BCUT2D eigenvalue weighted by Crippen LogP contribution is -2.33. The normalized spacial score (nSPS) is 19.2. The molecular formula is C23H18ClN3O4. The van der Waals surface area contributed by atoms with Crippen molar-refractivity contribution in [3.63, 3.8) is 0 Å². The number of para-hydroxylation sites is 1. The molecule has 0 amide bonds. The number of nitro benzene ring substituents is 1. The van der Waals surface area contributed by atoms with Gasteiger partial charge < -0.3 is 9.47 Å². The molecule has 0 bridgehead atoms. The molecule has 31 heavy (non-hydrogen) atoms. The summed E-state index contributed by atoms with van der Waals surface area (Å²) in [4.78, 5) is 10.9. The molecule has 0 saturated heterocycles. The van der Waals surface area contributed by atoms with Crippen molar-refractivity contribution in [3.8, 4) is 11.5 Å². The minimum Gasteiger partial charge on any atom is -0.497 e. The van der Waals surface area contributed by atoms with Gasteiger partial charge in [0.1, 0.15) is 16.5 Å². The summed E-state index contributed by atoms with van der Waals surface area (Å²) in [6.07, 6.45) is 0.0884. The lowest BCUT2D eigenvalue weighted by atomic mass is 9.96. The zero-order chi connectivity index (χ0) is 21.5. The molecule has 2 heterocycles. The first-order chi connectivity index (χ1) is 15.0. The quantitative estimate of drug-likeness (QED) is 0.399. The van der Waals surface area contributed by atoms with Gasteiger partial charge in [0, 0.05) is 23.6 Å². The van der Waals surface area contributed by atoms with E-state index in [9.17, 15) is 10.1 Å². The van der Waals surface area contributed by atoms with E-state index in [0.717, 1.165) is 28.3 Å². The Labute approximate surface area is 183 Å². The summed E-state index contributed by atoms with van der Waals surface area (Å²) in [5.41, 5.74) is 3.41. The maximum atomic E-state index is 11.4. The Morgan fingerprint density at radius 2 is 1.94 bits per heavy atom. The Bertz CT molecular complexity index is 1200. The zero-order valence-corrected chi connectivity index (χ0v) is 17.3. The van der Waals surface area contributed by atoms with E-state index in [4.69, 9.17) is 26.2 Å². The molecule has 2 aliphatic rings. The minimum absolute atomic E-state index is 0.0400. The molecule has 0 aromatic heterocycles. The highest BCUT2D eigenvalue weighted by Crippen LogP contribution is 2.48. The molecular weight excluding hydrogens is 418 g/mol. The molecule has 0 radical (unpaired) electrons. The van der Waals surface area contributed by atoms with Crippen LogP contribution in [0, 0.1) is 10.1 Å². The number of rotatable bonds is 4. The Hall–Kier alpha value is -3.58. The average molecular weight is 436 g/mol. The van der Waals surface area contributed by atoms with Crippen molar-refractivity contribution in [2.24, 2.45) is 5.10 Å². The Morgan fingerprint density at radius 3 is 2.68 bits per heavy atom. The summed E-state index contributed by atoms with van der Waals surface area (Å²) in [6.45, 7) is 0. The van der Waals surface area contributed by atoms with Crippen LogP contribution in [0.25, 0.3) is 0 Å². The van der Waals surface area contributed by atoms with Gasteiger partial charge in [-0.25, -0.2) is 5.01 Å². The summed E-state index contributed by atoms with van der Waals surface area (Å²) in [6, 6.07) is 20.3. The Morgan fingerprint density at radius 1 is 1.16 bits per heavy atom. The van der Waals surface area contributed by atoms with Crippen molar-refractivity contribution in [3.05, 3.63) is 98.6 Å². The summed E-state index contributed by atoms with van der Waals surface area (Å²) in [5.74, 6) is 1.53. The van der Waals surface area contributed by atoms with Gasteiger partial charge in [-0.1, -0.05) is 35.9 Å². The lowest BCUT2D eigenvalue weighted by molar-refractivity contribution is -0.384. The van der Waals surface area contributed by atoms with Crippen LogP contribution in [0.5, 0.6) is 11.5 Å². The van der Waals surface area contributed by atoms with Crippen LogP contribution in [0.15, 0.2) is 71.8 Å². The molecule has 0 saturated carbocycles. The van der Waals surface area contributed by atoms with Gasteiger partial charge in [-0.05, 0) is 42.0 Å². The number of methoxy groups -OCH3 is 1. The van der Waals surface area contributed by atoms with Gasteiger partial charge in [0.05, 0.1) is 23.8 Å². The van der Waals surface area contributed by atoms with Gasteiger partial charge in [0.25, 0.3) is 5.69 Å². The topological polar surface area (TPSA) is 77.2 Å². The largest absolute Gasteiger partial charge is 0.497 e. The fraction of sp³-hybridized carbons (Fsp3) is 0.174. The molecule has 0 aliphatic carbocycles. The summed E-state index contributed by atoms with van der Waals surface area (Å²) < 4.78 is 11.5. The first kappa shape index (κ1) is 19.4. The molecule has 0 N–H and O–H groups in total. The van der Waals surface area contributed by atoms with Gasteiger partial charge >= 0.3 is 0 Å². The number of ether oxygens (including phenoxy) is 2. The van der Waals surface area contributed by atoms with Crippen LogP contribution in [0.2, 0.25) is 5.02 Å². The average Bonchev–Trinajstić information content (AvgIpc) is 3.24. The second-order valence-corrected chi connectivity index (χ2v) is 7.76. The monoisotopic (exact) mass is 435 g/mol. The third-order valence-electron chi connectivity index (χ3n) is 5.57. The van der Waals surface area contributed by atoms with Crippen molar-refractivity contribution in [2.75, 3.05) is 7.11 Å². The van der Waals surface area contributed by atoms with Gasteiger partial charge in [-0.3, -0.25) is 10.1 Å². The number of fused-ring (bicyclic) bond motifs is 3. The van der Waals surface area contributed by atoms with Crippen molar-refractivity contribution < 1.29 is 14.4 Å². The number of hydrazone groups is 1. The fourth-order valence-electron chi connectivity index (χ4n) is 4.04. The highest BCUT2D eigenvalue weighted by Gasteiger charge is 2.41. The number of halogens is 1. The predicted molar refractivity (Wildman–Crippen MR) is 117 cm³/mol. The summed E-state index contributed by atoms with van der Waals surface area (Å²) >= 11 is 6.02. The third kappa shape index (κ3) is 3.37. The molecule has 5 rings (SSSR count). The molecule has 7 nitrogen and oxygen atoms in total. The Balaban J connectivity index is 1.58. The number of nitrogens with zero attached hydrogens (tertiary/aromatic N) is 3. The van der Waals surface area contributed by atoms with Crippen molar-refractivity contribution in [2.45, 2.75) is 18.7 Å². The number of hydrogen-bond acceptors (Lipinski definition) is 6. The highest BCUT2D eigenvalue weighted by molar-refractivity contribution is 6.32. The Kier molecular flexibility index (Phi) is 4.75. The molecule has 0 unspecified atom stereocenters. The molecule has 3 aromatic carbocycles. The molecule has 8 heteroatoms. The van der Waals surface area contributed by atoms with E-state index in [2.05, 4.69) is 0 Å². The van der Waals surface area contributed by atoms with Crippen molar-refractivity contribution in [1.29, 1.82) is 0 Å². The lowest BCUT2D eigenvalue weighted by Gasteiger charge is -2.38. The number of nitro groups is 1. The van der Waals surface area contributed by atoms with E-state index in [1.165, 1.54) is 12.1 Å². The van der Waals surface area contributed by atoms with Crippen molar-refractivity contribution in [1.82, 2.24) is 5.01 Å². The van der Waals surface area contributed by atoms with Crippen LogP contribution in [0.1, 0.15) is 35.4 Å². The van der Waals surface area contributed by atoms with Crippen LogP contribution in [0.4, 0.5) is 5.69 Å². The SMILES string of the molecule is COc1ccc(C2=NN3[C@H](C2)c2ccccc2O[C@H]3c2ccc(Cl)c([N+](=O)[O-])c2)cc1. The maximum Gasteiger partial charge on any atom is 0.288 e. The van der Waals surface area contributed by atoms with Crippen LogP contribution < -0.4 is 9.47 Å². The van der Waals surface area contributed by atoms with Crippen LogP contribution >= 0.6 is 11.6 Å². The van der Waals surface area contributed by atoms with Gasteiger partial charge in [0.15, 0.2) is 0 Å². The highest BCUT2D eigenvalue weighted by atomic mass is 35.5. The second kappa shape index (κ2) is 7.59. The standard InChI is InChI=1S/C23H18ClN3O4/c1-30-16-9-6-14(7-10-16)19-13-20-17-4-2-3-5-22(17)31-23(26(20)25-19)15-8-11-18(24)21(12-15)27(28)29/h2-12,20,23H,13H2,1H3/t20-,23+/m1/s1. The van der Waals surface area contributed by atoms with E-state index in [1.807, 2.05) is 53.5 Å². The van der Waals surface area contributed by atoms with Gasteiger partial charge in [-0.2, -0.15) is 5.10 Å². The first-order valence-corrected chi connectivity index (χ1v) is 10.1. The number of hydrogen-bond donors (Lipinski definition) is 0. The molecule has 0 fully saturated rings. The van der Waals surface area contributed by atoms with E-state index in [-0.39, 0.29) is 16.8 Å². The fourth-order valence-corrected chi connectivity index (χ4v) is 4.22. The van der Waals surface area contributed by atoms with Crippen LogP contribution in [-0.2, 0) is 0 Å². The molecule has 0 spiro atoms. The van der Waals surface area contributed by atoms with E-state index in [1.54, 1.807) is 13.2 Å². The smallest absolute Gasteiger partial charge is 0.288 e. The minimum atomic E-state index is -0.605. The molecule has 2 aliphatic heterocycles. The van der Waals surface area contributed by atoms with Crippen LogP contribution in [-0.4, -0.2) is 22.8 Å². The maximum absolute atomic E-state index is 11.4. The van der Waals surface area contributed by atoms with Crippen LogP contribution in [0.3, 0.4) is 0 Å². The predicted octanol–water partition coefficient (Wildman–Crippen LogP) is 5.50. The van der Waals surface area contributed by atoms with E-state index in [0.29, 0.717) is 12.0 Å². The molecule has 3 aromatic rings. The molecule has 2 atom stereocenters. The molecule has 156 valence electrons. The van der Waals surface area contributed by atoms with Gasteiger partial charge in [0.2, 0.25) is 6.23 Å². The first-order valence-electron chi connectivity index (χ1n) is 9.75. The number of benzene rings is 3. The van der Waals surface area contributed by atoms with E-state index >= 15 is 0 Å². The van der Waals surface area contributed by atoms with Crippen molar-refractivity contribution >= 4 is 23.0 Å².